The predicted octanol–water partition coefficient (Wildman–Crippen LogP) is 4.87. The molecule has 0 amide bonds. The van der Waals surface area contributed by atoms with Crippen molar-refractivity contribution in [2.75, 3.05) is 6.26 Å². The van der Waals surface area contributed by atoms with Crippen molar-refractivity contribution in [2.24, 2.45) is 0 Å². The Bertz CT molecular complexity index is 1580. The van der Waals surface area contributed by atoms with E-state index in [4.69, 9.17) is 0 Å². The Kier molecular flexibility index (Phi) is 6.45. The highest BCUT2D eigenvalue weighted by molar-refractivity contribution is 7.98. The maximum atomic E-state index is 14.9. The normalized spacial score (nSPS) is 14.1. The van der Waals surface area contributed by atoms with Gasteiger partial charge in [-0.3, -0.25) is 9.36 Å². The van der Waals surface area contributed by atoms with Gasteiger partial charge in [-0.15, -0.1) is 23.1 Å². The van der Waals surface area contributed by atoms with Gasteiger partial charge >= 0.3 is 0 Å². The molecule has 0 spiro atoms. The van der Waals surface area contributed by atoms with Gasteiger partial charge in [0.15, 0.2) is 0 Å². The molecule has 0 saturated heterocycles. The summed E-state index contributed by atoms with van der Waals surface area (Å²) in [5.74, 6) is -1.71. The molecule has 0 radical (unpaired) electrons. The molecular weight excluding hydrogens is 504 g/mol. The van der Waals surface area contributed by atoms with E-state index in [0.29, 0.717) is 16.3 Å². The van der Waals surface area contributed by atoms with Gasteiger partial charge in [0.1, 0.15) is 34.6 Å². The molecule has 0 bridgehead atoms. The van der Waals surface area contributed by atoms with Crippen LogP contribution in [0.25, 0.3) is 20.7 Å². The van der Waals surface area contributed by atoms with E-state index in [0.717, 1.165) is 21.4 Å². The first kappa shape index (κ1) is 24.3. The number of hydrogen-bond acceptors (Lipinski definition) is 7. The van der Waals surface area contributed by atoms with Crippen molar-refractivity contribution in [3.8, 4) is 10.4 Å². The SMILES string of the molecule is CSc1ccc(-c2cc3ncn(C(C)C(O)(Cn4cncn4)c4ccc(F)cc4F)c(=O)c3s2)cc1. The summed E-state index contributed by atoms with van der Waals surface area (Å²) in [7, 11) is 0. The van der Waals surface area contributed by atoms with Crippen LogP contribution in [0.15, 0.2) is 77.2 Å². The Morgan fingerprint density at radius 2 is 1.92 bits per heavy atom. The fourth-order valence-electron chi connectivity index (χ4n) is 4.17. The minimum Gasteiger partial charge on any atom is -0.381 e. The Morgan fingerprint density at radius 3 is 2.58 bits per heavy atom. The van der Waals surface area contributed by atoms with Crippen molar-refractivity contribution >= 4 is 33.3 Å². The van der Waals surface area contributed by atoms with Crippen LogP contribution >= 0.6 is 23.1 Å². The zero-order valence-electron chi connectivity index (χ0n) is 19.3. The van der Waals surface area contributed by atoms with E-state index in [1.165, 1.54) is 45.6 Å². The summed E-state index contributed by atoms with van der Waals surface area (Å²) in [5, 5.41) is 15.9. The number of aliphatic hydroxyl groups is 1. The van der Waals surface area contributed by atoms with Gasteiger partial charge in [0.25, 0.3) is 5.56 Å². The van der Waals surface area contributed by atoms with Crippen molar-refractivity contribution in [3.63, 3.8) is 0 Å². The van der Waals surface area contributed by atoms with Gasteiger partial charge in [0.05, 0.1) is 24.4 Å². The predicted molar refractivity (Wildman–Crippen MR) is 136 cm³/mol. The first-order valence-electron chi connectivity index (χ1n) is 11.0. The Morgan fingerprint density at radius 1 is 1.14 bits per heavy atom. The lowest BCUT2D eigenvalue weighted by molar-refractivity contribution is -0.0343. The third kappa shape index (κ3) is 4.34. The highest BCUT2D eigenvalue weighted by atomic mass is 32.2. The van der Waals surface area contributed by atoms with Crippen LogP contribution in [0.5, 0.6) is 0 Å². The summed E-state index contributed by atoms with van der Waals surface area (Å²) in [6.07, 6.45) is 6.00. The van der Waals surface area contributed by atoms with Gasteiger partial charge in [-0.1, -0.05) is 18.2 Å². The minimum atomic E-state index is -1.97. The lowest BCUT2D eigenvalue weighted by Gasteiger charge is -2.35. The number of aromatic nitrogens is 5. The Labute approximate surface area is 213 Å². The van der Waals surface area contributed by atoms with Gasteiger partial charge in [-0.25, -0.2) is 23.4 Å². The lowest BCUT2D eigenvalue weighted by Crippen LogP contribution is -2.43. The van der Waals surface area contributed by atoms with Crippen molar-refractivity contribution in [3.05, 3.63) is 95.1 Å². The highest BCUT2D eigenvalue weighted by Gasteiger charge is 2.41. The number of fused-ring (bicyclic) bond motifs is 1. The highest BCUT2D eigenvalue weighted by Crippen LogP contribution is 2.37. The number of thiophene rings is 1. The molecule has 11 heteroatoms. The first-order chi connectivity index (χ1) is 17.3. The zero-order chi connectivity index (χ0) is 25.4. The molecule has 0 fully saturated rings. The molecule has 0 aliphatic rings. The van der Waals surface area contributed by atoms with Crippen LogP contribution in [0.1, 0.15) is 18.5 Å². The number of rotatable bonds is 7. The standard InChI is InChI=1S/C25H21F2N5O2S2/c1-15(25(34,11-31-13-28-12-30-31)19-8-5-17(26)9-20(19)27)32-14-29-21-10-22(36-23(21)24(32)33)16-3-6-18(35-2)7-4-16/h3-10,12-15,34H,11H2,1-2H3. The molecule has 2 unspecified atom stereocenters. The molecule has 7 nitrogen and oxygen atoms in total. The average molecular weight is 526 g/mol. The summed E-state index contributed by atoms with van der Waals surface area (Å²) < 4.78 is 31.6. The molecular formula is C25H21F2N5O2S2. The number of halogens is 2. The van der Waals surface area contributed by atoms with Crippen LogP contribution in [0.3, 0.4) is 0 Å². The number of hydrogen-bond donors (Lipinski definition) is 1. The Balaban J connectivity index is 1.60. The molecule has 5 aromatic rings. The first-order valence-corrected chi connectivity index (χ1v) is 13.0. The maximum absolute atomic E-state index is 14.9. The van der Waals surface area contributed by atoms with Crippen molar-refractivity contribution in [2.45, 2.75) is 30.0 Å². The van der Waals surface area contributed by atoms with Crippen molar-refractivity contribution < 1.29 is 13.9 Å². The van der Waals surface area contributed by atoms with Crippen LogP contribution < -0.4 is 5.56 Å². The second kappa shape index (κ2) is 9.57. The summed E-state index contributed by atoms with van der Waals surface area (Å²) in [5.41, 5.74) is -1.02. The van der Waals surface area contributed by atoms with Gasteiger partial charge < -0.3 is 5.11 Å². The molecule has 2 atom stereocenters. The molecule has 0 saturated carbocycles. The largest absolute Gasteiger partial charge is 0.381 e. The van der Waals surface area contributed by atoms with Crippen molar-refractivity contribution in [1.82, 2.24) is 24.3 Å². The van der Waals surface area contributed by atoms with Crippen molar-refractivity contribution in [1.29, 1.82) is 0 Å². The summed E-state index contributed by atoms with van der Waals surface area (Å²) in [4.78, 5) is 23.9. The van der Waals surface area contributed by atoms with E-state index in [9.17, 15) is 18.7 Å². The number of nitrogens with zero attached hydrogens (tertiary/aromatic N) is 5. The summed E-state index contributed by atoms with van der Waals surface area (Å²) in [6.45, 7) is 1.36. The summed E-state index contributed by atoms with van der Waals surface area (Å²) >= 11 is 2.95. The molecule has 3 heterocycles. The van der Waals surface area contributed by atoms with Gasteiger partial charge in [-0.05, 0) is 43.0 Å². The van der Waals surface area contributed by atoms with E-state index in [2.05, 4.69) is 15.1 Å². The number of thioether (sulfide) groups is 1. The van der Waals surface area contributed by atoms with Crippen LogP contribution in [0, 0.1) is 11.6 Å². The quantitative estimate of drug-likeness (QED) is 0.305. The third-order valence-electron chi connectivity index (χ3n) is 6.21. The van der Waals surface area contributed by atoms with Gasteiger partial charge in [0, 0.05) is 21.4 Å². The van der Waals surface area contributed by atoms with E-state index >= 15 is 0 Å². The van der Waals surface area contributed by atoms with E-state index in [-0.39, 0.29) is 17.7 Å². The van der Waals surface area contributed by atoms with E-state index < -0.39 is 23.3 Å². The molecule has 3 aromatic heterocycles. The Hall–Kier alpha value is -3.41. The molecule has 1 N–H and O–H groups in total. The summed E-state index contributed by atoms with van der Waals surface area (Å²) in [6, 6.07) is 11.8. The topological polar surface area (TPSA) is 85.8 Å². The van der Waals surface area contributed by atoms with Crippen LogP contribution in [0.4, 0.5) is 8.78 Å². The second-order valence-electron chi connectivity index (χ2n) is 8.33. The van der Waals surface area contributed by atoms with Crippen LogP contribution in [-0.2, 0) is 12.1 Å². The average Bonchev–Trinajstić information content (AvgIpc) is 3.54. The smallest absolute Gasteiger partial charge is 0.271 e. The van der Waals surface area contributed by atoms with Gasteiger partial charge in [0.2, 0.25) is 0 Å². The monoisotopic (exact) mass is 525 g/mol. The third-order valence-corrected chi connectivity index (χ3v) is 8.12. The molecule has 5 rings (SSSR count). The molecule has 2 aromatic carbocycles. The fourth-order valence-corrected chi connectivity index (χ4v) is 5.63. The second-order valence-corrected chi connectivity index (χ2v) is 10.3. The van der Waals surface area contributed by atoms with Crippen LogP contribution in [-0.4, -0.2) is 35.7 Å². The lowest BCUT2D eigenvalue weighted by atomic mass is 9.86. The van der Waals surface area contributed by atoms with Crippen LogP contribution in [0.2, 0.25) is 0 Å². The van der Waals surface area contributed by atoms with E-state index in [1.807, 2.05) is 36.6 Å². The number of benzene rings is 2. The van der Waals surface area contributed by atoms with Gasteiger partial charge in [-0.2, -0.15) is 5.10 Å². The van der Waals surface area contributed by atoms with E-state index in [1.54, 1.807) is 18.7 Å². The maximum Gasteiger partial charge on any atom is 0.271 e. The molecule has 184 valence electrons. The zero-order valence-corrected chi connectivity index (χ0v) is 20.9. The minimum absolute atomic E-state index is 0.167. The molecule has 36 heavy (non-hydrogen) atoms. The molecule has 0 aliphatic carbocycles. The molecule has 0 aliphatic heterocycles. The fraction of sp³-hybridized carbons (Fsp3) is 0.200.